The van der Waals surface area contributed by atoms with Gasteiger partial charge >= 0.3 is 0 Å². The van der Waals surface area contributed by atoms with Crippen LogP contribution in [0.3, 0.4) is 0 Å². The smallest absolute Gasteiger partial charge is 0.251 e. The minimum Gasteiger partial charge on any atom is -0.352 e. The Morgan fingerprint density at radius 1 is 1.25 bits per heavy atom. The average Bonchev–Trinajstić information content (AvgIpc) is 2.80. The van der Waals surface area contributed by atoms with Crippen LogP contribution in [0.2, 0.25) is 0 Å². The van der Waals surface area contributed by atoms with Crippen molar-refractivity contribution < 1.29 is 4.79 Å². The third kappa shape index (κ3) is 3.26. The molecule has 1 heterocycles. The van der Waals surface area contributed by atoms with E-state index in [9.17, 15) is 4.79 Å². The van der Waals surface area contributed by atoms with Crippen LogP contribution in [0.15, 0.2) is 24.4 Å². The van der Waals surface area contributed by atoms with E-state index < -0.39 is 0 Å². The normalized spacial score (nSPS) is 10.6. The highest BCUT2D eigenvalue weighted by Gasteiger charge is 2.10. The van der Waals surface area contributed by atoms with E-state index in [2.05, 4.69) is 15.5 Å². The van der Waals surface area contributed by atoms with Crippen LogP contribution in [0, 0.1) is 20.8 Å². The Morgan fingerprint density at radius 2 is 1.95 bits per heavy atom. The topological polar surface area (TPSA) is 57.8 Å². The van der Waals surface area contributed by atoms with Crippen molar-refractivity contribution in [2.75, 3.05) is 6.54 Å². The van der Waals surface area contributed by atoms with E-state index in [0.717, 1.165) is 35.2 Å². The van der Waals surface area contributed by atoms with Crippen molar-refractivity contribution in [3.8, 4) is 0 Å². The molecule has 2 rings (SSSR count). The number of rotatable bonds is 5. The van der Waals surface area contributed by atoms with Crippen LogP contribution in [0.5, 0.6) is 0 Å². The molecule has 0 aliphatic heterocycles. The van der Waals surface area contributed by atoms with Gasteiger partial charge in [-0.05, 0) is 50.3 Å². The molecule has 0 unspecified atom stereocenters. The molecule has 4 nitrogen and oxygen atoms in total. The molecule has 0 spiro atoms. The van der Waals surface area contributed by atoms with E-state index in [4.69, 9.17) is 0 Å². The number of hydrogen-bond donors (Lipinski definition) is 2. The predicted molar refractivity (Wildman–Crippen MR) is 79.9 cm³/mol. The molecule has 0 radical (unpaired) electrons. The number of carbonyl (C=O) groups excluding carboxylic acids is 1. The van der Waals surface area contributed by atoms with Crippen LogP contribution in [0.1, 0.15) is 39.2 Å². The zero-order chi connectivity index (χ0) is 14.5. The van der Waals surface area contributed by atoms with Gasteiger partial charge in [0.05, 0.1) is 6.20 Å². The molecule has 20 heavy (non-hydrogen) atoms. The Kier molecular flexibility index (Phi) is 4.56. The highest BCUT2D eigenvalue weighted by atomic mass is 16.1. The lowest BCUT2D eigenvalue weighted by atomic mass is 10.0. The molecule has 0 bridgehead atoms. The first-order valence-electron chi connectivity index (χ1n) is 6.93. The molecular formula is C16H21N3O. The second-order valence-electron chi connectivity index (χ2n) is 5.15. The molecule has 106 valence electrons. The molecule has 0 atom stereocenters. The summed E-state index contributed by atoms with van der Waals surface area (Å²) < 4.78 is 0. The maximum absolute atomic E-state index is 12.2. The van der Waals surface area contributed by atoms with Crippen molar-refractivity contribution in [2.45, 2.75) is 33.6 Å². The van der Waals surface area contributed by atoms with Crippen molar-refractivity contribution in [2.24, 2.45) is 0 Å². The Morgan fingerprint density at radius 3 is 2.55 bits per heavy atom. The van der Waals surface area contributed by atoms with Gasteiger partial charge in [-0.15, -0.1) is 0 Å². The second kappa shape index (κ2) is 6.37. The lowest BCUT2D eigenvalue weighted by Crippen LogP contribution is -2.26. The molecule has 1 aromatic carbocycles. The number of aromatic nitrogens is 2. The molecule has 1 aromatic heterocycles. The van der Waals surface area contributed by atoms with Crippen molar-refractivity contribution in [3.63, 3.8) is 0 Å². The van der Waals surface area contributed by atoms with E-state index in [1.165, 1.54) is 5.56 Å². The highest BCUT2D eigenvalue weighted by molar-refractivity contribution is 5.97. The maximum Gasteiger partial charge on any atom is 0.251 e. The molecule has 4 heteroatoms. The minimum atomic E-state index is 0.0181. The zero-order valence-corrected chi connectivity index (χ0v) is 12.3. The molecule has 1 amide bonds. The monoisotopic (exact) mass is 271 g/mol. The third-order valence-corrected chi connectivity index (χ3v) is 3.55. The number of nitrogens with one attached hydrogen (secondary N) is 2. The summed E-state index contributed by atoms with van der Waals surface area (Å²) in [4.78, 5) is 12.2. The van der Waals surface area contributed by atoms with Crippen LogP contribution < -0.4 is 5.32 Å². The average molecular weight is 271 g/mol. The standard InChI is InChI=1S/C16H21N3O/c1-11-6-4-7-12(2)15(11)16(20)17-9-5-8-14-10-18-19-13(14)3/h4,6-7,10H,5,8-9H2,1-3H3,(H,17,20)(H,18,19). The Hall–Kier alpha value is -2.10. The predicted octanol–water partition coefficient (Wildman–Crippen LogP) is 2.70. The largest absolute Gasteiger partial charge is 0.352 e. The Bertz CT molecular complexity index is 581. The number of hydrogen-bond acceptors (Lipinski definition) is 2. The summed E-state index contributed by atoms with van der Waals surface area (Å²) in [7, 11) is 0. The summed E-state index contributed by atoms with van der Waals surface area (Å²) >= 11 is 0. The zero-order valence-electron chi connectivity index (χ0n) is 12.3. The highest BCUT2D eigenvalue weighted by Crippen LogP contribution is 2.13. The molecular weight excluding hydrogens is 250 g/mol. The van der Waals surface area contributed by atoms with Crippen LogP contribution in [-0.4, -0.2) is 22.6 Å². The van der Waals surface area contributed by atoms with Crippen LogP contribution in [0.4, 0.5) is 0 Å². The summed E-state index contributed by atoms with van der Waals surface area (Å²) in [5, 5.41) is 9.91. The summed E-state index contributed by atoms with van der Waals surface area (Å²) in [5.74, 6) is 0.0181. The first-order valence-corrected chi connectivity index (χ1v) is 6.93. The van der Waals surface area contributed by atoms with Gasteiger partial charge in [0.15, 0.2) is 0 Å². The SMILES string of the molecule is Cc1cccc(C)c1C(=O)NCCCc1cn[nH]c1C. The first kappa shape index (κ1) is 14.3. The minimum absolute atomic E-state index is 0.0181. The molecule has 0 aliphatic carbocycles. The fourth-order valence-corrected chi connectivity index (χ4v) is 2.37. The van der Waals surface area contributed by atoms with Crippen molar-refractivity contribution in [3.05, 3.63) is 52.3 Å². The van der Waals surface area contributed by atoms with Crippen molar-refractivity contribution in [1.82, 2.24) is 15.5 Å². The molecule has 2 N–H and O–H groups in total. The van der Waals surface area contributed by atoms with E-state index in [-0.39, 0.29) is 5.91 Å². The lowest BCUT2D eigenvalue weighted by Gasteiger charge is -2.10. The Labute approximate surface area is 119 Å². The first-order chi connectivity index (χ1) is 9.59. The van der Waals surface area contributed by atoms with Gasteiger partial charge in [0, 0.05) is 17.8 Å². The van der Waals surface area contributed by atoms with Crippen molar-refractivity contribution in [1.29, 1.82) is 0 Å². The number of carbonyl (C=O) groups is 1. The van der Waals surface area contributed by atoms with Gasteiger partial charge in [-0.3, -0.25) is 9.89 Å². The van der Waals surface area contributed by atoms with Crippen LogP contribution in [0.25, 0.3) is 0 Å². The van der Waals surface area contributed by atoms with Gasteiger partial charge in [-0.2, -0.15) is 5.10 Å². The summed E-state index contributed by atoms with van der Waals surface area (Å²) in [6.45, 7) is 6.63. The molecule has 0 aliphatic rings. The van der Waals surface area contributed by atoms with Crippen molar-refractivity contribution >= 4 is 5.91 Å². The van der Waals surface area contributed by atoms with E-state index in [0.29, 0.717) is 6.54 Å². The molecule has 2 aromatic rings. The van der Waals surface area contributed by atoms with Crippen LogP contribution in [-0.2, 0) is 6.42 Å². The summed E-state index contributed by atoms with van der Waals surface area (Å²) in [6, 6.07) is 5.91. The second-order valence-corrected chi connectivity index (χ2v) is 5.15. The van der Waals surface area contributed by atoms with E-state index in [1.807, 2.05) is 45.2 Å². The summed E-state index contributed by atoms with van der Waals surface area (Å²) in [5.41, 5.74) is 5.16. The number of nitrogens with zero attached hydrogens (tertiary/aromatic N) is 1. The maximum atomic E-state index is 12.2. The van der Waals surface area contributed by atoms with Gasteiger partial charge in [0.25, 0.3) is 5.91 Å². The summed E-state index contributed by atoms with van der Waals surface area (Å²) in [6.07, 6.45) is 3.69. The van der Waals surface area contributed by atoms with Gasteiger partial charge in [-0.25, -0.2) is 0 Å². The third-order valence-electron chi connectivity index (χ3n) is 3.55. The lowest BCUT2D eigenvalue weighted by molar-refractivity contribution is 0.0952. The Balaban J connectivity index is 1.85. The molecule has 0 fully saturated rings. The van der Waals surface area contributed by atoms with Gasteiger partial charge in [0.2, 0.25) is 0 Å². The molecule has 0 saturated heterocycles. The van der Waals surface area contributed by atoms with Crippen LogP contribution >= 0.6 is 0 Å². The number of H-pyrrole nitrogens is 1. The quantitative estimate of drug-likeness (QED) is 0.821. The number of amides is 1. The number of aromatic amines is 1. The van der Waals surface area contributed by atoms with E-state index >= 15 is 0 Å². The van der Waals surface area contributed by atoms with Gasteiger partial charge < -0.3 is 5.32 Å². The van der Waals surface area contributed by atoms with Gasteiger partial charge in [-0.1, -0.05) is 18.2 Å². The fraction of sp³-hybridized carbons (Fsp3) is 0.375. The number of benzene rings is 1. The molecule has 0 saturated carbocycles. The van der Waals surface area contributed by atoms with Gasteiger partial charge in [0.1, 0.15) is 0 Å². The number of aryl methyl sites for hydroxylation is 4. The van der Waals surface area contributed by atoms with E-state index in [1.54, 1.807) is 0 Å². The fourth-order valence-electron chi connectivity index (χ4n) is 2.37.